The van der Waals surface area contributed by atoms with E-state index in [0.29, 0.717) is 5.30 Å². The topological polar surface area (TPSA) is 0 Å². The van der Waals surface area contributed by atoms with Gasteiger partial charge in [-0.1, -0.05) is 36.4 Å². The van der Waals surface area contributed by atoms with E-state index in [1.165, 1.54) is 0 Å². The van der Waals surface area contributed by atoms with Crippen molar-refractivity contribution >= 4 is 14.5 Å². The number of rotatable bonds is 1. The van der Waals surface area contributed by atoms with Crippen LogP contribution in [0.25, 0.3) is 11.1 Å². The first-order chi connectivity index (χ1) is 7.18. The molecule has 1 atom stereocenters. The molecular formula is C13H12FP. The Hall–Kier alpha value is -1.20. The summed E-state index contributed by atoms with van der Waals surface area (Å²) in [6.07, 6.45) is 0. The molecule has 0 bridgehead atoms. The van der Waals surface area contributed by atoms with Crippen LogP contribution in [0.5, 0.6) is 0 Å². The minimum atomic E-state index is -0.180. The highest BCUT2D eigenvalue weighted by Gasteiger charge is 2.03. The van der Waals surface area contributed by atoms with E-state index in [9.17, 15) is 4.39 Å². The van der Waals surface area contributed by atoms with Gasteiger partial charge in [-0.2, -0.15) is 0 Å². The van der Waals surface area contributed by atoms with Gasteiger partial charge in [0, 0.05) is 5.30 Å². The maximum absolute atomic E-state index is 13.4. The zero-order chi connectivity index (χ0) is 10.8. The summed E-state index contributed by atoms with van der Waals surface area (Å²) in [7, 11) is 2.38. The quantitative estimate of drug-likeness (QED) is 0.644. The minimum absolute atomic E-state index is 0.180. The zero-order valence-electron chi connectivity index (χ0n) is 8.50. The SMILES string of the molecule is Cc1ccccc1-c1ccc(P)c(F)c1. The summed E-state index contributed by atoms with van der Waals surface area (Å²) in [5.74, 6) is -0.180. The van der Waals surface area contributed by atoms with E-state index in [-0.39, 0.29) is 5.82 Å². The molecule has 2 rings (SSSR count). The monoisotopic (exact) mass is 218 g/mol. The average Bonchev–Trinajstić information content (AvgIpc) is 2.23. The smallest absolute Gasteiger partial charge is 0.130 e. The highest BCUT2D eigenvalue weighted by atomic mass is 31.0. The van der Waals surface area contributed by atoms with Gasteiger partial charge in [0.1, 0.15) is 5.82 Å². The molecule has 1 unspecified atom stereocenters. The second kappa shape index (κ2) is 4.12. The van der Waals surface area contributed by atoms with Gasteiger partial charge in [0.15, 0.2) is 0 Å². The second-order valence-corrected chi connectivity index (χ2v) is 4.17. The third-order valence-electron chi connectivity index (χ3n) is 2.46. The molecule has 0 aliphatic rings. The fourth-order valence-corrected chi connectivity index (χ4v) is 1.77. The van der Waals surface area contributed by atoms with Crippen LogP contribution < -0.4 is 5.30 Å². The first-order valence-electron chi connectivity index (χ1n) is 4.79. The van der Waals surface area contributed by atoms with Crippen LogP contribution in [-0.2, 0) is 0 Å². The minimum Gasteiger partial charge on any atom is -0.206 e. The summed E-state index contributed by atoms with van der Waals surface area (Å²) in [5.41, 5.74) is 3.17. The molecule has 0 nitrogen and oxygen atoms in total. The van der Waals surface area contributed by atoms with Crippen molar-refractivity contribution in [3.63, 3.8) is 0 Å². The van der Waals surface area contributed by atoms with E-state index in [4.69, 9.17) is 0 Å². The molecule has 0 heterocycles. The molecule has 0 radical (unpaired) electrons. The summed E-state index contributed by atoms with van der Waals surface area (Å²) in [6, 6.07) is 13.3. The summed E-state index contributed by atoms with van der Waals surface area (Å²) in [4.78, 5) is 0. The largest absolute Gasteiger partial charge is 0.206 e. The first kappa shape index (κ1) is 10.3. The predicted molar refractivity (Wildman–Crippen MR) is 65.9 cm³/mol. The van der Waals surface area contributed by atoms with Crippen LogP contribution in [0.3, 0.4) is 0 Å². The lowest BCUT2D eigenvalue weighted by molar-refractivity contribution is 0.637. The van der Waals surface area contributed by atoms with Crippen molar-refractivity contribution in [3.05, 3.63) is 53.8 Å². The third-order valence-corrected chi connectivity index (χ3v) is 2.92. The molecular weight excluding hydrogens is 206 g/mol. The van der Waals surface area contributed by atoms with Crippen LogP contribution in [0, 0.1) is 12.7 Å². The average molecular weight is 218 g/mol. The van der Waals surface area contributed by atoms with Gasteiger partial charge in [0.05, 0.1) is 0 Å². The predicted octanol–water partition coefficient (Wildman–Crippen LogP) is 3.30. The number of aryl methyl sites for hydroxylation is 1. The van der Waals surface area contributed by atoms with Crippen LogP contribution in [0.2, 0.25) is 0 Å². The highest BCUT2D eigenvalue weighted by Crippen LogP contribution is 2.23. The van der Waals surface area contributed by atoms with Crippen molar-refractivity contribution in [1.82, 2.24) is 0 Å². The summed E-state index contributed by atoms with van der Waals surface area (Å²) in [6.45, 7) is 2.03. The molecule has 2 heteroatoms. The number of hydrogen-bond donors (Lipinski definition) is 0. The maximum atomic E-state index is 13.4. The van der Waals surface area contributed by atoms with Gasteiger partial charge in [-0.05, 0) is 29.7 Å². The Morgan fingerprint density at radius 2 is 1.80 bits per heavy atom. The first-order valence-corrected chi connectivity index (χ1v) is 5.37. The number of benzene rings is 2. The van der Waals surface area contributed by atoms with Gasteiger partial charge in [0.25, 0.3) is 0 Å². The molecule has 0 aliphatic heterocycles. The Kier molecular flexibility index (Phi) is 2.83. The maximum Gasteiger partial charge on any atom is 0.130 e. The molecule has 0 saturated carbocycles. The lowest BCUT2D eigenvalue weighted by Gasteiger charge is -2.06. The van der Waals surface area contributed by atoms with Gasteiger partial charge in [0.2, 0.25) is 0 Å². The van der Waals surface area contributed by atoms with E-state index in [0.717, 1.165) is 16.7 Å². The van der Waals surface area contributed by atoms with Crippen molar-refractivity contribution in [2.75, 3.05) is 0 Å². The van der Waals surface area contributed by atoms with Crippen molar-refractivity contribution in [2.24, 2.45) is 0 Å². The Morgan fingerprint density at radius 1 is 1.07 bits per heavy atom. The Labute approximate surface area is 91.3 Å². The normalized spacial score (nSPS) is 10.3. The molecule has 0 N–H and O–H groups in total. The fourth-order valence-electron chi connectivity index (χ4n) is 1.59. The Balaban J connectivity index is 2.55. The van der Waals surface area contributed by atoms with Crippen molar-refractivity contribution in [3.8, 4) is 11.1 Å². The van der Waals surface area contributed by atoms with Gasteiger partial charge in [-0.25, -0.2) is 4.39 Å². The summed E-state index contributed by atoms with van der Waals surface area (Å²) >= 11 is 0. The van der Waals surface area contributed by atoms with E-state index in [2.05, 4.69) is 9.24 Å². The zero-order valence-corrected chi connectivity index (χ0v) is 9.65. The molecule has 0 fully saturated rings. The molecule has 76 valence electrons. The number of halogens is 1. The molecule has 0 aliphatic carbocycles. The molecule has 15 heavy (non-hydrogen) atoms. The van der Waals surface area contributed by atoms with Crippen LogP contribution >= 0.6 is 9.24 Å². The van der Waals surface area contributed by atoms with Crippen molar-refractivity contribution in [1.29, 1.82) is 0 Å². The van der Waals surface area contributed by atoms with Crippen molar-refractivity contribution < 1.29 is 4.39 Å². The third kappa shape index (κ3) is 2.08. The lowest BCUT2D eigenvalue weighted by atomic mass is 10.0. The van der Waals surface area contributed by atoms with Crippen LogP contribution in [0.4, 0.5) is 4.39 Å². The van der Waals surface area contributed by atoms with Gasteiger partial charge < -0.3 is 0 Å². The molecule has 0 spiro atoms. The van der Waals surface area contributed by atoms with E-state index in [1.807, 2.05) is 37.3 Å². The second-order valence-electron chi connectivity index (χ2n) is 3.55. The highest BCUT2D eigenvalue weighted by molar-refractivity contribution is 7.27. The standard InChI is InChI=1S/C13H12FP/c1-9-4-2-3-5-11(9)10-6-7-13(15)12(14)8-10/h2-8H,15H2,1H3. The van der Waals surface area contributed by atoms with E-state index in [1.54, 1.807) is 12.1 Å². The molecule has 0 saturated heterocycles. The van der Waals surface area contributed by atoms with E-state index < -0.39 is 0 Å². The van der Waals surface area contributed by atoms with Crippen LogP contribution in [0.15, 0.2) is 42.5 Å². The molecule has 0 amide bonds. The Morgan fingerprint density at radius 3 is 2.47 bits per heavy atom. The Bertz CT molecular complexity index is 492. The number of hydrogen-bond acceptors (Lipinski definition) is 0. The molecule has 2 aromatic rings. The van der Waals surface area contributed by atoms with Crippen LogP contribution in [-0.4, -0.2) is 0 Å². The lowest BCUT2D eigenvalue weighted by Crippen LogP contribution is -1.97. The van der Waals surface area contributed by atoms with Gasteiger partial charge >= 0.3 is 0 Å². The van der Waals surface area contributed by atoms with E-state index >= 15 is 0 Å². The molecule has 2 aromatic carbocycles. The van der Waals surface area contributed by atoms with Crippen molar-refractivity contribution in [2.45, 2.75) is 6.92 Å². The molecule has 0 aromatic heterocycles. The van der Waals surface area contributed by atoms with Gasteiger partial charge in [-0.15, -0.1) is 9.24 Å². The summed E-state index contributed by atoms with van der Waals surface area (Å²) < 4.78 is 13.4. The van der Waals surface area contributed by atoms with Crippen LogP contribution in [0.1, 0.15) is 5.56 Å². The van der Waals surface area contributed by atoms with Gasteiger partial charge in [-0.3, -0.25) is 0 Å². The fraction of sp³-hybridized carbons (Fsp3) is 0.0769. The summed E-state index contributed by atoms with van der Waals surface area (Å²) in [5, 5.41) is 0.604.